The van der Waals surface area contributed by atoms with Crippen LogP contribution >= 0.6 is 11.6 Å². The average molecular weight is 393 g/mol. The second-order valence-electron chi connectivity index (χ2n) is 6.82. The number of rotatable bonds is 5. The van der Waals surface area contributed by atoms with Crippen molar-refractivity contribution in [3.63, 3.8) is 0 Å². The molecule has 0 bridgehead atoms. The summed E-state index contributed by atoms with van der Waals surface area (Å²) in [6.07, 6.45) is 5.72. The zero-order valence-electron chi connectivity index (χ0n) is 16.2. The molecule has 27 heavy (non-hydrogen) atoms. The number of esters is 1. The number of oxazole rings is 1. The summed E-state index contributed by atoms with van der Waals surface area (Å²) in [5.74, 6) is 1.85. The normalized spacial score (nSPS) is 15.1. The first-order valence-electron chi connectivity index (χ1n) is 9.09. The summed E-state index contributed by atoms with van der Waals surface area (Å²) in [7, 11) is 5.30. The summed E-state index contributed by atoms with van der Waals surface area (Å²) in [4.78, 5) is 24.8. The second-order valence-corrected chi connectivity index (χ2v) is 7.20. The third-order valence-corrected chi connectivity index (χ3v) is 5.23. The zero-order valence-corrected chi connectivity index (χ0v) is 16.9. The van der Waals surface area contributed by atoms with Crippen molar-refractivity contribution in [1.29, 1.82) is 0 Å². The fourth-order valence-corrected chi connectivity index (χ4v) is 3.81. The highest BCUT2D eigenvalue weighted by molar-refractivity contribution is 6.36. The fourth-order valence-electron chi connectivity index (χ4n) is 3.37. The first kappa shape index (κ1) is 19.5. The minimum Gasteiger partial charge on any atom is -0.469 e. The predicted molar refractivity (Wildman–Crippen MR) is 105 cm³/mol. The summed E-state index contributed by atoms with van der Waals surface area (Å²) in [5.41, 5.74) is 1.58. The molecule has 1 saturated heterocycles. The van der Waals surface area contributed by atoms with E-state index in [-0.39, 0.29) is 11.9 Å². The van der Waals surface area contributed by atoms with E-state index in [0.717, 1.165) is 42.1 Å². The van der Waals surface area contributed by atoms with E-state index in [1.165, 1.54) is 7.11 Å². The number of pyridine rings is 1. The number of carbonyl (C=O) groups excluding carboxylic acids is 1. The van der Waals surface area contributed by atoms with Crippen molar-refractivity contribution in [1.82, 2.24) is 9.97 Å². The second kappa shape index (κ2) is 8.17. The highest BCUT2D eigenvalue weighted by Gasteiger charge is 2.29. The number of hydrogen-bond donors (Lipinski definition) is 0. The number of piperidine rings is 1. The summed E-state index contributed by atoms with van der Waals surface area (Å²) in [6.45, 7) is 3.43. The highest BCUT2D eigenvalue weighted by Crippen LogP contribution is 2.41. The molecule has 3 heterocycles. The molecule has 0 amide bonds. The fraction of sp³-hybridized carbons (Fsp3) is 0.526. The Hall–Kier alpha value is -2.28. The van der Waals surface area contributed by atoms with Gasteiger partial charge in [-0.15, -0.1) is 0 Å². The van der Waals surface area contributed by atoms with Crippen LogP contribution in [0.5, 0.6) is 0 Å². The van der Waals surface area contributed by atoms with Crippen LogP contribution < -0.4 is 9.80 Å². The Bertz CT molecular complexity index is 813. The van der Waals surface area contributed by atoms with Crippen molar-refractivity contribution in [2.45, 2.75) is 26.2 Å². The summed E-state index contributed by atoms with van der Waals surface area (Å²) in [6, 6.07) is 0. The van der Waals surface area contributed by atoms with Crippen LogP contribution in [-0.2, 0) is 16.0 Å². The molecule has 3 rings (SSSR count). The van der Waals surface area contributed by atoms with E-state index >= 15 is 0 Å². The highest BCUT2D eigenvalue weighted by atomic mass is 35.5. The van der Waals surface area contributed by atoms with Crippen molar-refractivity contribution in [3.05, 3.63) is 23.2 Å². The molecule has 8 heteroatoms. The molecule has 0 saturated carbocycles. The number of nitrogens with zero attached hydrogens (tertiary/aromatic N) is 4. The maximum absolute atomic E-state index is 11.7. The van der Waals surface area contributed by atoms with Gasteiger partial charge in [0.25, 0.3) is 0 Å². The van der Waals surface area contributed by atoms with E-state index in [1.54, 1.807) is 12.4 Å². The van der Waals surface area contributed by atoms with E-state index in [1.807, 2.05) is 25.9 Å². The number of carbonyl (C=O) groups is 1. The molecule has 0 aliphatic carbocycles. The lowest BCUT2D eigenvalue weighted by molar-refractivity contribution is -0.146. The molecule has 1 aliphatic heterocycles. The van der Waals surface area contributed by atoms with Gasteiger partial charge in [0.1, 0.15) is 16.6 Å². The van der Waals surface area contributed by atoms with Gasteiger partial charge in [-0.05, 0) is 12.8 Å². The van der Waals surface area contributed by atoms with Gasteiger partial charge in [-0.3, -0.25) is 4.79 Å². The van der Waals surface area contributed by atoms with E-state index in [9.17, 15) is 4.79 Å². The number of methoxy groups -OCH3 is 1. The van der Waals surface area contributed by atoms with E-state index in [0.29, 0.717) is 24.0 Å². The summed E-state index contributed by atoms with van der Waals surface area (Å²) < 4.78 is 10.7. The number of aromatic nitrogens is 2. The minimum atomic E-state index is -0.145. The molecule has 7 nitrogen and oxygen atoms in total. The Morgan fingerprint density at radius 2 is 2.04 bits per heavy atom. The van der Waals surface area contributed by atoms with Gasteiger partial charge >= 0.3 is 5.97 Å². The van der Waals surface area contributed by atoms with Gasteiger partial charge in [0.05, 0.1) is 30.5 Å². The largest absolute Gasteiger partial charge is 0.469 e. The Morgan fingerprint density at radius 1 is 1.33 bits per heavy atom. The molecule has 1 aliphatic rings. The molecule has 1 fully saturated rings. The molecular formula is C19H25ClN4O3. The van der Waals surface area contributed by atoms with Crippen molar-refractivity contribution >= 4 is 29.1 Å². The number of halogens is 1. The van der Waals surface area contributed by atoms with Crippen LogP contribution in [0.1, 0.15) is 25.5 Å². The Morgan fingerprint density at radius 3 is 2.59 bits per heavy atom. The van der Waals surface area contributed by atoms with Gasteiger partial charge in [0.15, 0.2) is 0 Å². The van der Waals surface area contributed by atoms with Crippen LogP contribution in [0, 0.1) is 5.92 Å². The van der Waals surface area contributed by atoms with E-state index < -0.39 is 0 Å². The molecule has 146 valence electrons. The van der Waals surface area contributed by atoms with Crippen LogP contribution in [0.4, 0.5) is 11.5 Å². The van der Waals surface area contributed by atoms with Crippen molar-refractivity contribution < 1.29 is 13.9 Å². The van der Waals surface area contributed by atoms with E-state index in [4.69, 9.17) is 20.8 Å². The van der Waals surface area contributed by atoms with Gasteiger partial charge < -0.3 is 19.0 Å². The van der Waals surface area contributed by atoms with Crippen LogP contribution in [0.25, 0.3) is 11.5 Å². The third kappa shape index (κ3) is 3.88. The van der Waals surface area contributed by atoms with Crippen LogP contribution in [-0.4, -0.2) is 50.2 Å². The molecule has 0 aromatic carbocycles. The topological polar surface area (TPSA) is 71.7 Å². The Balaban J connectivity index is 1.90. The number of anilines is 2. The van der Waals surface area contributed by atoms with Crippen molar-refractivity contribution in [3.8, 4) is 11.5 Å². The maximum atomic E-state index is 11.7. The van der Waals surface area contributed by atoms with Gasteiger partial charge in [-0.25, -0.2) is 9.97 Å². The van der Waals surface area contributed by atoms with Gasteiger partial charge in [0.2, 0.25) is 5.89 Å². The standard InChI is InChI=1S/C19H25ClN4O3/c1-5-13-10-22-18(27-13)14-11-21-17(15(20)16(14)23(2)3)24-8-6-12(7-9-24)19(25)26-4/h10-12H,5-9H2,1-4H3. The van der Waals surface area contributed by atoms with Gasteiger partial charge in [-0.1, -0.05) is 18.5 Å². The molecule has 0 radical (unpaired) electrons. The van der Waals surface area contributed by atoms with Crippen molar-refractivity contribution in [2.24, 2.45) is 5.92 Å². The number of hydrogen-bond acceptors (Lipinski definition) is 7. The Labute approximate surface area is 164 Å². The average Bonchev–Trinajstić information content (AvgIpc) is 3.16. The molecule has 0 N–H and O–H groups in total. The van der Waals surface area contributed by atoms with Crippen LogP contribution in [0.2, 0.25) is 5.02 Å². The monoisotopic (exact) mass is 392 g/mol. The first-order chi connectivity index (χ1) is 13.0. The molecule has 2 aromatic heterocycles. The smallest absolute Gasteiger partial charge is 0.308 e. The molecule has 0 spiro atoms. The molecular weight excluding hydrogens is 368 g/mol. The van der Waals surface area contributed by atoms with E-state index in [2.05, 4.69) is 14.9 Å². The lowest BCUT2D eigenvalue weighted by Gasteiger charge is -2.33. The lowest BCUT2D eigenvalue weighted by Crippen LogP contribution is -2.37. The van der Waals surface area contributed by atoms with Crippen LogP contribution in [0.3, 0.4) is 0 Å². The zero-order chi connectivity index (χ0) is 19.6. The quantitative estimate of drug-likeness (QED) is 0.722. The lowest BCUT2D eigenvalue weighted by atomic mass is 9.97. The van der Waals surface area contributed by atoms with Crippen LogP contribution in [0.15, 0.2) is 16.8 Å². The number of aryl methyl sites for hydroxylation is 1. The third-order valence-electron chi connectivity index (χ3n) is 4.88. The first-order valence-corrected chi connectivity index (χ1v) is 9.47. The SMILES string of the molecule is CCc1cnc(-c2cnc(N3CCC(C(=O)OC)CC3)c(Cl)c2N(C)C)o1. The predicted octanol–water partition coefficient (Wildman–Crippen LogP) is 3.41. The van der Waals surface area contributed by atoms with Crippen molar-refractivity contribution in [2.75, 3.05) is 44.1 Å². The minimum absolute atomic E-state index is 0.0580. The molecule has 0 unspecified atom stereocenters. The summed E-state index contributed by atoms with van der Waals surface area (Å²) >= 11 is 6.75. The molecule has 2 aromatic rings. The molecule has 0 atom stereocenters. The Kier molecular flexibility index (Phi) is 5.89. The van der Waals surface area contributed by atoms with Gasteiger partial charge in [0, 0.05) is 39.8 Å². The summed E-state index contributed by atoms with van der Waals surface area (Å²) in [5, 5.41) is 0.560. The maximum Gasteiger partial charge on any atom is 0.308 e. The van der Waals surface area contributed by atoms with Gasteiger partial charge in [-0.2, -0.15) is 0 Å². The number of ether oxygens (including phenoxy) is 1.